The van der Waals surface area contributed by atoms with Crippen LogP contribution >= 0.6 is 0 Å². The van der Waals surface area contributed by atoms with Gasteiger partial charge in [0, 0.05) is 0 Å². The van der Waals surface area contributed by atoms with E-state index in [-0.39, 0.29) is 30.2 Å². The summed E-state index contributed by atoms with van der Waals surface area (Å²) >= 11 is 0. The summed E-state index contributed by atoms with van der Waals surface area (Å²) in [5, 5.41) is 6.71. The fourth-order valence-electron chi connectivity index (χ4n) is 3.13. The lowest BCUT2D eigenvalue weighted by atomic mass is 9.86. The van der Waals surface area contributed by atoms with Crippen LogP contribution in [0.4, 0.5) is 0 Å². The van der Waals surface area contributed by atoms with Crippen LogP contribution in [0.3, 0.4) is 0 Å². The fourth-order valence-corrected chi connectivity index (χ4v) is 3.13. The molecule has 7 nitrogen and oxygen atoms in total. The van der Waals surface area contributed by atoms with E-state index in [2.05, 4.69) is 15.5 Å². The highest BCUT2D eigenvalue weighted by Gasteiger charge is 2.55. The molecule has 1 aromatic rings. The molecule has 1 saturated carbocycles. The van der Waals surface area contributed by atoms with E-state index < -0.39 is 11.6 Å². The van der Waals surface area contributed by atoms with Gasteiger partial charge in [0.15, 0.2) is 5.82 Å². The van der Waals surface area contributed by atoms with E-state index in [1.54, 1.807) is 4.90 Å². The van der Waals surface area contributed by atoms with Gasteiger partial charge in [-0.1, -0.05) is 19.0 Å². The summed E-state index contributed by atoms with van der Waals surface area (Å²) in [6.07, 6.45) is 3.18. The Kier molecular flexibility index (Phi) is 3.22. The van der Waals surface area contributed by atoms with Gasteiger partial charge < -0.3 is 14.7 Å². The fraction of sp³-hybridized carbons (Fsp3) is 0.714. The normalized spacial score (nSPS) is 29.9. The molecule has 1 N–H and O–H groups in total. The lowest BCUT2D eigenvalue weighted by molar-refractivity contribution is -0.158. The molecule has 1 saturated heterocycles. The quantitative estimate of drug-likeness (QED) is 0.883. The van der Waals surface area contributed by atoms with Gasteiger partial charge in [-0.3, -0.25) is 9.59 Å². The molecule has 0 aromatic carbocycles. The van der Waals surface area contributed by atoms with Crippen molar-refractivity contribution >= 4 is 11.8 Å². The minimum Gasteiger partial charge on any atom is -0.343 e. The van der Waals surface area contributed by atoms with Crippen molar-refractivity contribution in [2.75, 3.05) is 0 Å². The van der Waals surface area contributed by atoms with Gasteiger partial charge in [-0.15, -0.1) is 0 Å². The Morgan fingerprint density at radius 3 is 2.71 bits per heavy atom. The van der Waals surface area contributed by atoms with Crippen molar-refractivity contribution in [2.45, 2.75) is 51.7 Å². The van der Waals surface area contributed by atoms with Gasteiger partial charge in [0.25, 0.3) is 0 Å². The molecular weight excluding hydrogens is 272 g/mol. The summed E-state index contributed by atoms with van der Waals surface area (Å²) in [5.41, 5.74) is -0.799. The van der Waals surface area contributed by atoms with E-state index >= 15 is 0 Å². The molecule has 1 aliphatic carbocycles. The molecule has 7 heteroatoms. The topological polar surface area (TPSA) is 88.3 Å². The Bertz CT molecular complexity index is 553. The van der Waals surface area contributed by atoms with Crippen LogP contribution < -0.4 is 5.32 Å². The first kappa shape index (κ1) is 14.0. The van der Waals surface area contributed by atoms with Gasteiger partial charge in [0.2, 0.25) is 18.2 Å². The third-order valence-corrected chi connectivity index (χ3v) is 4.44. The summed E-state index contributed by atoms with van der Waals surface area (Å²) in [6, 6.07) is -0.497. The number of aromatic nitrogens is 2. The first-order valence-corrected chi connectivity index (χ1v) is 7.32. The van der Waals surface area contributed by atoms with Crippen LogP contribution in [0.15, 0.2) is 10.9 Å². The monoisotopic (exact) mass is 292 g/mol. The van der Waals surface area contributed by atoms with Gasteiger partial charge in [-0.05, 0) is 31.6 Å². The average Bonchev–Trinajstić information content (AvgIpc) is 3.15. The van der Waals surface area contributed by atoms with Crippen molar-refractivity contribution in [3.8, 4) is 0 Å². The zero-order valence-corrected chi connectivity index (χ0v) is 12.5. The predicted molar refractivity (Wildman–Crippen MR) is 72.7 cm³/mol. The Labute approximate surface area is 123 Å². The first-order valence-electron chi connectivity index (χ1n) is 7.32. The molecule has 0 bridgehead atoms. The second-order valence-corrected chi connectivity index (χ2v) is 6.44. The van der Waals surface area contributed by atoms with Gasteiger partial charge in [0.05, 0.1) is 6.54 Å². The molecule has 2 heterocycles. The van der Waals surface area contributed by atoms with Crippen LogP contribution in [0, 0.1) is 11.8 Å². The Morgan fingerprint density at radius 2 is 2.19 bits per heavy atom. The number of carbonyl (C=O) groups excluding carboxylic acids is 2. The second-order valence-electron chi connectivity index (χ2n) is 6.44. The van der Waals surface area contributed by atoms with Crippen molar-refractivity contribution in [3.05, 3.63) is 12.2 Å². The second kappa shape index (κ2) is 4.82. The first-order chi connectivity index (χ1) is 9.93. The van der Waals surface area contributed by atoms with Crippen molar-refractivity contribution in [3.63, 3.8) is 0 Å². The molecule has 1 aliphatic heterocycles. The summed E-state index contributed by atoms with van der Waals surface area (Å²) in [7, 11) is 0. The minimum atomic E-state index is -0.799. The lowest BCUT2D eigenvalue weighted by Crippen LogP contribution is -2.70. The predicted octanol–water partition coefficient (Wildman–Crippen LogP) is 0.721. The van der Waals surface area contributed by atoms with E-state index in [9.17, 15) is 9.59 Å². The molecule has 2 unspecified atom stereocenters. The van der Waals surface area contributed by atoms with Crippen molar-refractivity contribution < 1.29 is 14.1 Å². The summed E-state index contributed by atoms with van der Waals surface area (Å²) < 4.78 is 4.73. The van der Waals surface area contributed by atoms with E-state index in [0.29, 0.717) is 5.82 Å². The highest BCUT2D eigenvalue weighted by Crippen LogP contribution is 2.42. The minimum absolute atomic E-state index is 0.0182. The molecule has 3 rings (SSSR count). The molecule has 2 aliphatic rings. The number of nitrogens with one attached hydrogen (secondary N) is 1. The zero-order valence-electron chi connectivity index (χ0n) is 12.5. The highest BCUT2D eigenvalue weighted by molar-refractivity contribution is 6.00. The van der Waals surface area contributed by atoms with E-state index in [0.717, 1.165) is 12.8 Å². The molecule has 0 spiro atoms. The smallest absolute Gasteiger partial charge is 0.249 e. The van der Waals surface area contributed by atoms with Gasteiger partial charge in [-0.2, -0.15) is 4.98 Å². The molecule has 2 fully saturated rings. The molecular formula is C14H20N4O3. The van der Waals surface area contributed by atoms with E-state index in [1.165, 1.54) is 6.39 Å². The number of carbonyl (C=O) groups is 2. The third-order valence-electron chi connectivity index (χ3n) is 4.44. The number of hydrogen-bond acceptors (Lipinski definition) is 5. The molecule has 0 radical (unpaired) electrons. The number of hydrogen-bond donors (Lipinski definition) is 1. The molecule has 2 atom stereocenters. The van der Waals surface area contributed by atoms with E-state index in [1.807, 2.05) is 20.8 Å². The number of piperazine rings is 1. The average molecular weight is 292 g/mol. The van der Waals surface area contributed by atoms with Gasteiger partial charge in [0.1, 0.15) is 11.6 Å². The molecule has 2 amide bonds. The maximum Gasteiger partial charge on any atom is 0.249 e. The van der Waals surface area contributed by atoms with Gasteiger partial charge in [-0.25, -0.2) is 0 Å². The molecule has 1 aromatic heterocycles. The molecule has 114 valence electrons. The van der Waals surface area contributed by atoms with Crippen LogP contribution in [0.5, 0.6) is 0 Å². The maximum atomic E-state index is 12.9. The summed E-state index contributed by atoms with van der Waals surface area (Å²) in [6.45, 7) is 5.89. The lowest BCUT2D eigenvalue weighted by Gasteiger charge is -2.45. The third kappa shape index (κ3) is 2.30. The van der Waals surface area contributed by atoms with Crippen LogP contribution in [0.25, 0.3) is 0 Å². The maximum absolute atomic E-state index is 12.9. The number of nitrogens with zero attached hydrogens (tertiary/aromatic N) is 3. The van der Waals surface area contributed by atoms with Crippen LogP contribution in [-0.2, 0) is 16.1 Å². The largest absolute Gasteiger partial charge is 0.343 e. The standard InChI is InChI=1S/C14H20N4O3/c1-8(2)11-12(19)16-14(3,9-4-5-9)13(20)18(11)6-10-15-7-21-17-10/h7-9,11H,4-6H2,1-3H3,(H,16,19). The molecule has 21 heavy (non-hydrogen) atoms. The van der Waals surface area contributed by atoms with E-state index in [4.69, 9.17) is 4.52 Å². The van der Waals surface area contributed by atoms with Crippen molar-refractivity contribution in [1.29, 1.82) is 0 Å². The highest BCUT2D eigenvalue weighted by atomic mass is 16.5. The summed E-state index contributed by atoms with van der Waals surface area (Å²) in [5.74, 6) is 0.525. The Balaban J connectivity index is 1.92. The van der Waals surface area contributed by atoms with Crippen LogP contribution in [0.1, 0.15) is 39.4 Å². The Morgan fingerprint density at radius 1 is 1.48 bits per heavy atom. The number of rotatable bonds is 4. The zero-order chi connectivity index (χ0) is 15.2. The van der Waals surface area contributed by atoms with Crippen LogP contribution in [-0.4, -0.2) is 38.4 Å². The SMILES string of the molecule is CC(C)C1C(=O)NC(C)(C2CC2)C(=O)N1Cc1ncon1. The van der Waals surface area contributed by atoms with Gasteiger partial charge >= 0.3 is 0 Å². The summed E-state index contributed by atoms with van der Waals surface area (Å²) in [4.78, 5) is 31.0. The van der Waals surface area contributed by atoms with Crippen molar-refractivity contribution in [2.24, 2.45) is 11.8 Å². The van der Waals surface area contributed by atoms with Crippen LogP contribution in [0.2, 0.25) is 0 Å². The van der Waals surface area contributed by atoms with Crippen molar-refractivity contribution in [1.82, 2.24) is 20.4 Å². The number of amides is 2. The Hall–Kier alpha value is -1.92.